The van der Waals surface area contributed by atoms with Crippen LogP contribution in [-0.2, 0) is 11.4 Å². The average Bonchev–Trinajstić information content (AvgIpc) is 2.86. The minimum absolute atomic E-state index is 0.0836. The number of methoxy groups -OCH3 is 1. The van der Waals surface area contributed by atoms with Crippen molar-refractivity contribution in [3.05, 3.63) is 98.1 Å². The molecule has 0 bridgehead atoms. The highest BCUT2D eigenvalue weighted by Gasteiger charge is 2.16. The number of benzene rings is 3. The van der Waals surface area contributed by atoms with Crippen LogP contribution in [0.2, 0.25) is 5.02 Å². The number of amides is 1. The Bertz CT molecular complexity index is 1400. The van der Waals surface area contributed by atoms with E-state index in [2.05, 4.69) is 5.32 Å². The van der Waals surface area contributed by atoms with E-state index in [4.69, 9.17) is 26.2 Å². The molecule has 0 fully saturated rings. The van der Waals surface area contributed by atoms with Crippen molar-refractivity contribution in [2.24, 2.45) is 0 Å². The zero-order valence-electron chi connectivity index (χ0n) is 18.7. The Labute approximate surface area is 210 Å². The van der Waals surface area contributed by atoms with E-state index in [1.165, 1.54) is 61.7 Å². The van der Waals surface area contributed by atoms with E-state index in [1.807, 2.05) is 0 Å². The number of carbonyl (C=O) groups excluding carboxylic acids is 1. The number of non-ortho nitro benzene ring substituents is 1. The summed E-state index contributed by atoms with van der Waals surface area (Å²) in [5.74, 6) is -1.34. The number of nitrogens with one attached hydrogen (secondary N) is 1. The van der Waals surface area contributed by atoms with Crippen molar-refractivity contribution in [2.75, 3.05) is 12.4 Å². The minimum atomic E-state index is -1.04. The second-order valence-electron chi connectivity index (χ2n) is 7.26. The van der Waals surface area contributed by atoms with Gasteiger partial charge in [-0.25, -0.2) is 4.79 Å². The SMILES string of the molecule is COc1cc(/C=C(\C#N)C(=O)Nc2cccc([N+](=O)[O-])c2)cc(Cl)c1OCc1ccc(C(=O)O)cc1. The topological polar surface area (TPSA) is 152 Å². The Hall–Kier alpha value is -4.88. The molecule has 0 atom stereocenters. The molecule has 10 nitrogen and oxygen atoms in total. The number of carbonyl (C=O) groups is 2. The Balaban J connectivity index is 1.79. The number of halogens is 1. The molecule has 11 heteroatoms. The molecule has 0 unspecified atom stereocenters. The fraction of sp³-hybridized carbons (Fsp3) is 0.0800. The number of hydrogen-bond donors (Lipinski definition) is 2. The van der Waals surface area contributed by atoms with Gasteiger partial charge in [-0.2, -0.15) is 5.26 Å². The second kappa shape index (κ2) is 11.5. The summed E-state index contributed by atoms with van der Waals surface area (Å²) in [4.78, 5) is 33.9. The number of nitrogens with zero attached hydrogens (tertiary/aromatic N) is 2. The summed E-state index contributed by atoms with van der Waals surface area (Å²) < 4.78 is 11.1. The van der Waals surface area contributed by atoms with Gasteiger partial charge < -0.3 is 19.9 Å². The van der Waals surface area contributed by atoms with Gasteiger partial charge in [0.05, 0.1) is 22.6 Å². The summed E-state index contributed by atoms with van der Waals surface area (Å²) in [6.45, 7) is 0.0836. The Kier molecular flexibility index (Phi) is 8.22. The molecule has 0 aromatic heterocycles. The van der Waals surface area contributed by atoms with Gasteiger partial charge in [0.2, 0.25) is 0 Å². The van der Waals surface area contributed by atoms with Crippen molar-refractivity contribution in [2.45, 2.75) is 6.61 Å². The Morgan fingerprint density at radius 2 is 1.92 bits per heavy atom. The maximum absolute atomic E-state index is 12.6. The number of anilines is 1. The van der Waals surface area contributed by atoms with Gasteiger partial charge in [0.1, 0.15) is 18.2 Å². The van der Waals surface area contributed by atoms with E-state index in [-0.39, 0.29) is 45.6 Å². The first kappa shape index (κ1) is 25.7. The summed E-state index contributed by atoms with van der Waals surface area (Å²) in [7, 11) is 1.40. The highest BCUT2D eigenvalue weighted by atomic mass is 35.5. The Morgan fingerprint density at radius 1 is 1.19 bits per heavy atom. The molecule has 0 saturated carbocycles. The van der Waals surface area contributed by atoms with Gasteiger partial charge in [-0.1, -0.05) is 29.8 Å². The molecule has 0 aliphatic rings. The first-order chi connectivity index (χ1) is 17.2. The fourth-order valence-electron chi connectivity index (χ4n) is 3.07. The van der Waals surface area contributed by atoms with E-state index in [0.29, 0.717) is 11.1 Å². The number of nitro benzene ring substituents is 1. The molecule has 3 aromatic rings. The third kappa shape index (κ3) is 6.37. The number of nitriles is 1. The third-order valence-electron chi connectivity index (χ3n) is 4.83. The largest absolute Gasteiger partial charge is 0.493 e. The molecule has 36 heavy (non-hydrogen) atoms. The van der Waals surface area contributed by atoms with Crippen LogP contribution >= 0.6 is 11.6 Å². The molecule has 0 radical (unpaired) electrons. The highest BCUT2D eigenvalue weighted by molar-refractivity contribution is 6.32. The zero-order valence-corrected chi connectivity index (χ0v) is 19.5. The molecule has 2 N–H and O–H groups in total. The van der Waals surface area contributed by atoms with E-state index in [1.54, 1.807) is 18.2 Å². The van der Waals surface area contributed by atoms with E-state index >= 15 is 0 Å². The maximum atomic E-state index is 12.6. The van der Waals surface area contributed by atoms with Crippen molar-refractivity contribution in [1.82, 2.24) is 0 Å². The number of carboxylic acid groups (broad SMARTS) is 1. The van der Waals surface area contributed by atoms with E-state index < -0.39 is 16.8 Å². The standard InChI is InChI=1S/C25H18ClN3O7/c1-35-22-11-16(9-18(13-27)24(30)28-19-3-2-4-20(12-19)29(33)34)10-21(26)23(22)36-14-15-5-7-17(8-6-15)25(31)32/h2-12H,14H2,1H3,(H,28,30)(H,31,32)/b18-9+. The number of hydrogen-bond acceptors (Lipinski definition) is 7. The summed E-state index contributed by atoms with van der Waals surface area (Å²) in [6, 6.07) is 16.2. The number of ether oxygens (including phenoxy) is 2. The van der Waals surface area contributed by atoms with Crippen LogP contribution in [0.25, 0.3) is 6.08 Å². The van der Waals surface area contributed by atoms with Crippen molar-refractivity contribution < 1.29 is 29.1 Å². The maximum Gasteiger partial charge on any atom is 0.335 e. The van der Waals surface area contributed by atoms with Crippen LogP contribution in [0.3, 0.4) is 0 Å². The minimum Gasteiger partial charge on any atom is -0.493 e. The van der Waals surface area contributed by atoms with Crippen molar-refractivity contribution in [1.29, 1.82) is 5.26 Å². The van der Waals surface area contributed by atoms with Crippen molar-refractivity contribution >= 4 is 40.9 Å². The van der Waals surface area contributed by atoms with Crippen LogP contribution in [-0.4, -0.2) is 29.0 Å². The average molecular weight is 508 g/mol. The molecule has 3 aromatic carbocycles. The number of aromatic carboxylic acids is 1. The van der Waals surface area contributed by atoms with Crippen LogP contribution < -0.4 is 14.8 Å². The summed E-state index contributed by atoms with van der Waals surface area (Å²) in [6.07, 6.45) is 1.29. The van der Waals surface area contributed by atoms with Crippen LogP contribution in [0.4, 0.5) is 11.4 Å². The monoisotopic (exact) mass is 507 g/mol. The molecule has 0 saturated heterocycles. The molecular weight excluding hydrogens is 490 g/mol. The summed E-state index contributed by atoms with van der Waals surface area (Å²) in [5.41, 5.74) is 0.902. The van der Waals surface area contributed by atoms with Gasteiger partial charge in [0.25, 0.3) is 11.6 Å². The summed E-state index contributed by atoms with van der Waals surface area (Å²) in [5, 5.41) is 32.0. The molecule has 182 valence electrons. The number of carboxylic acids is 1. The van der Waals surface area contributed by atoms with Gasteiger partial charge in [0.15, 0.2) is 11.5 Å². The molecule has 0 heterocycles. The third-order valence-corrected chi connectivity index (χ3v) is 5.11. The normalized spacial score (nSPS) is 10.8. The van der Waals surface area contributed by atoms with Crippen LogP contribution in [0, 0.1) is 21.4 Å². The van der Waals surface area contributed by atoms with Gasteiger partial charge in [-0.15, -0.1) is 0 Å². The first-order valence-corrected chi connectivity index (χ1v) is 10.6. The fourth-order valence-corrected chi connectivity index (χ4v) is 3.35. The van der Waals surface area contributed by atoms with Crippen LogP contribution in [0.5, 0.6) is 11.5 Å². The number of nitro groups is 1. The Morgan fingerprint density at radius 3 is 2.53 bits per heavy atom. The molecule has 3 rings (SSSR count). The van der Waals surface area contributed by atoms with Crippen molar-refractivity contribution in [3.8, 4) is 17.6 Å². The predicted octanol–water partition coefficient (Wildman–Crippen LogP) is 5.08. The van der Waals surface area contributed by atoms with Crippen molar-refractivity contribution in [3.63, 3.8) is 0 Å². The molecule has 0 spiro atoms. The lowest BCUT2D eigenvalue weighted by Gasteiger charge is -2.14. The lowest BCUT2D eigenvalue weighted by atomic mass is 10.1. The highest BCUT2D eigenvalue weighted by Crippen LogP contribution is 2.37. The zero-order chi connectivity index (χ0) is 26.2. The second-order valence-corrected chi connectivity index (χ2v) is 7.66. The quantitative estimate of drug-likeness (QED) is 0.176. The molecule has 0 aliphatic heterocycles. The lowest BCUT2D eigenvalue weighted by Crippen LogP contribution is -2.13. The molecule has 1 amide bonds. The molecular formula is C25H18ClN3O7. The smallest absolute Gasteiger partial charge is 0.335 e. The van der Waals surface area contributed by atoms with Gasteiger partial charge in [-0.3, -0.25) is 14.9 Å². The van der Waals surface area contributed by atoms with E-state index in [9.17, 15) is 25.0 Å². The number of rotatable bonds is 9. The van der Waals surface area contributed by atoms with Crippen LogP contribution in [0.15, 0.2) is 66.2 Å². The molecule has 0 aliphatic carbocycles. The first-order valence-electron chi connectivity index (χ1n) is 10.2. The van der Waals surface area contributed by atoms with Gasteiger partial charge >= 0.3 is 5.97 Å². The van der Waals surface area contributed by atoms with Crippen LogP contribution in [0.1, 0.15) is 21.5 Å². The lowest BCUT2D eigenvalue weighted by molar-refractivity contribution is -0.384. The predicted molar refractivity (Wildman–Crippen MR) is 131 cm³/mol. The van der Waals surface area contributed by atoms with Gasteiger partial charge in [0, 0.05) is 17.8 Å². The summed E-state index contributed by atoms with van der Waals surface area (Å²) >= 11 is 6.37. The van der Waals surface area contributed by atoms with Gasteiger partial charge in [-0.05, 0) is 47.5 Å². The van der Waals surface area contributed by atoms with E-state index in [0.717, 1.165) is 0 Å².